The predicted molar refractivity (Wildman–Crippen MR) is 185 cm³/mol. The van der Waals surface area contributed by atoms with Crippen molar-refractivity contribution in [1.82, 2.24) is 25.2 Å². The molecule has 0 bridgehead atoms. The summed E-state index contributed by atoms with van der Waals surface area (Å²) in [5.41, 5.74) is 9.74. The largest absolute Gasteiger partial charge is 0.370 e. The van der Waals surface area contributed by atoms with Crippen LogP contribution >= 0.6 is 0 Å². The third kappa shape index (κ3) is 5.11. The predicted octanol–water partition coefficient (Wildman–Crippen LogP) is 7.37. The first kappa shape index (κ1) is 27.1. The van der Waals surface area contributed by atoms with E-state index in [1.54, 1.807) is 0 Å². The second-order valence-electron chi connectivity index (χ2n) is 11.2. The number of aromatic amines is 2. The van der Waals surface area contributed by atoms with Gasteiger partial charge in [0.1, 0.15) is 11.6 Å². The lowest BCUT2D eigenvalue weighted by Gasteiger charge is -2.05. The number of benzene rings is 4. The van der Waals surface area contributed by atoms with Gasteiger partial charge in [-0.05, 0) is 104 Å². The van der Waals surface area contributed by atoms with E-state index >= 15 is 0 Å². The van der Waals surface area contributed by atoms with E-state index in [1.807, 2.05) is 14.1 Å². The van der Waals surface area contributed by atoms with Crippen molar-refractivity contribution in [2.24, 2.45) is 0 Å². The molecule has 7 aromatic rings. The summed E-state index contributed by atoms with van der Waals surface area (Å²) >= 11 is 0. The molecule has 3 heterocycles. The van der Waals surface area contributed by atoms with Gasteiger partial charge in [-0.25, -0.2) is 0 Å². The van der Waals surface area contributed by atoms with E-state index in [9.17, 15) is 0 Å². The van der Waals surface area contributed by atoms with Crippen LogP contribution in [0.2, 0.25) is 0 Å². The van der Waals surface area contributed by atoms with Crippen molar-refractivity contribution in [3.05, 3.63) is 84.9 Å². The van der Waals surface area contributed by atoms with E-state index < -0.39 is 0 Å². The fourth-order valence-electron chi connectivity index (χ4n) is 6.26. The lowest BCUT2D eigenvalue weighted by Crippen LogP contribution is -2.17. The van der Waals surface area contributed by atoms with Gasteiger partial charge in [0.05, 0.1) is 0 Å². The minimum absolute atomic E-state index is 0.880. The standard InChI is InChI=1S/C36H39N7/c1-4-43-33-11-7-25(23-5-9-31-27(17-23)21-35(41-31)39-15-13-37-2)19-29(33)30-20-26(8-12-34(30)43)24-6-10-32-28(18-24)22-36(42-32)40-16-14-38-3/h5-12,17-22,37-42H,4,13-16H2,1-3H3. The van der Waals surface area contributed by atoms with Gasteiger partial charge in [0, 0.05) is 76.3 Å². The lowest BCUT2D eigenvalue weighted by molar-refractivity contribution is 0.822. The number of fused-ring (bicyclic) bond motifs is 5. The molecule has 0 aliphatic heterocycles. The van der Waals surface area contributed by atoms with Crippen LogP contribution in [0.5, 0.6) is 0 Å². The Balaban J connectivity index is 1.26. The number of rotatable bonds is 11. The van der Waals surface area contributed by atoms with Crippen LogP contribution in [0.15, 0.2) is 84.9 Å². The number of aryl methyl sites for hydroxylation is 1. The molecule has 7 rings (SSSR count). The molecule has 218 valence electrons. The number of hydrogen-bond acceptors (Lipinski definition) is 4. The number of H-pyrrole nitrogens is 2. The molecule has 0 radical (unpaired) electrons. The Labute approximate surface area is 251 Å². The van der Waals surface area contributed by atoms with Crippen LogP contribution in [0.4, 0.5) is 11.6 Å². The highest BCUT2D eigenvalue weighted by atomic mass is 15.0. The number of nitrogens with one attached hydrogen (secondary N) is 6. The Morgan fingerprint density at radius 3 is 1.42 bits per heavy atom. The Bertz CT molecular complexity index is 1910. The van der Waals surface area contributed by atoms with Crippen molar-refractivity contribution in [3.8, 4) is 22.3 Å². The Morgan fingerprint density at radius 2 is 0.977 bits per heavy atom. The van der Waals surface area contributed by atoms with Gasteiger partial charge in [-0.15, -0.1) is 0 Å². The van der Waals surface area contributed by atoms with Gasteiger partial charge in [0.25, 0.3) is 0 Å². The summed E-state index contributed by atoms with van der Waals surface area (Å²) in [6, 6.07) is 31.6. The molecule has 7 nitrogen and oxygen atoms in total. The maximum Gasteiger partial charge on any atom is 0.104 e. The van der Waals surface area contributed by atoms with Gasteiger partial charge in [0.15, 0.2) is 0 Å². The van der Waals surface area contributed by atoms with Crippen LogP contribution < -0.4 is 21.3 Å². The Kier molecular flexibility index (Phi) is 7.27. The maximum absolute atomic E-state index is 3.49. The summed E-state index contributed by atoms with van der Waals surface area (Å²) in [6.45, 7) is 6.75. The molecule has 0 fully saturated rings. The van der Waals surface area contributed by atoms with Gasteiger partial charge in [-0.3, -0.25) is 0 Å². The van der Waals surface area contributed by atoms with Gasteiger partial charge < -0.3 is 35.8 Å². The maximum atomic E-state index is 3.49. The Morgan fingerprint density at radius 1 is 0.535 bits per heavy atom. The number of nitrogens with zero attached hydrogens (tertiary/aromatic N) is 1. The molecular formula is C36H39N7. The first-order chi connectivity index (χ1) is 21.1. The molecule has 7 heteroatoms. The number of hydrogen-bond donors (Lipinski definition) is 6. The van der Waals surface area contributed by atoms with Gasteiger partial charge in [0.2, 0.25) is 0 Å². The number of likely N-dealkylation sites (N-methyl/N-ethyl adjacent to an activating group) is 2. The fourth-order valence-corrected chi connectivity index (χ4v) is 6.26. The van der Waals surface area contributed by atoms with E-state index in [4.69, 9.17) is 0 Å². The monoisotopic (exact) mass is 569 g/mol. The minimum atomic E-state index is 0.880. The van der Waals surface area contributed by atoms with Gasteiger partial charge in [-0.1, -0.05) is 24.3 Å². The molecule has 6 N–H and O–H groups in total. The third-order valence-corrected chi connectivity index (χ3v) is 8.47. The van der Waals surface area contributed by atoms with Crippen molar-refractivity contribution in [3.63, 3.8) is 0 Å². The topological polar surface area (TPSA) is 84.6 Å². The molecule has 0 spiro atoms. The highest BCUT2D eigenvalue weighted by Crippen LogP contribution is 2.36. The molecule has 0 saturated carbocycles. The SMILES string of the molecule is CCn1c2ccc(-c3ccc4[nH]c(NCCNC)cc4c3)cc2c2cc(-c3ccc4[nH]c(NCCNC)cc4c3)ccc21. The van der Waals surface area contributed by atoms with E-state index in [2.05, 4.69) is 128 Å². The molecule has 0 amide bonds. The molecular weight excluding hydrogens is 530 g/mol. The van der Waals surface area contributed by atoms with E-state index in [0.717, 1.165) is 55.4 Å². The summed E-state index contributed by atoms with van der Waals surface area (Å²) < 4.78 is 2.43. The third-order valence-electron chi connectivity index (χ3n) is 8.47. The molecule has 4 aromatic carbocycles. The first-order valence-corrected chi connectivity index (χ1v) is 15.2. The first-order valence-electron chi connectivity index (χ1n) is 15.2. The molecule has 0 aliphatic carbocycles. The van der Waals surface area contributed by atoms with Crippen LogP contribution in [-0.4, -0.2) is 54.8 Å². The van der Waals surface area contributed by atoms with Crippen molar-refractivity contribution >= 4 is 55.2 Å². The van der Waals surface area contributed by atoms with Gasteiger partial charge >= 0.3 is 0 Å². The van der Waals surface area contributed by atoms with Crippen molar-refractivity contribution in [2.45, 2.75) is 13.5 Å². The van der Waals surface area contributed by atoms with Crippen molar-refractivity contribution in [2.75, 3.05) is 50.9 Å². The average molecular weight is 570 g/mol. The van der Waals surface area contributed by atoms with Crippen LogP contribution in [0, 0.1) is 0 Å². The van der Waals surface area contributed by atoms with E-state index in [1.165, 1.54) is 54.8 Å². The normalized spacial score (nSPS) is 11.8. The lowest BCUT2D eigenvalue weighted by atomic mass is 9.99. The van der Waals surface area contributed by atoms with Crippen LogP contribution in [0.3, 0.4) is 0 Å². The quantitative estimate of drug-likeness (QED) is 0.0919. The zero-order chi connectivity index (χ0) is 29.3. The number of aromatic nitrogens is 3. The van der Waals surface area contributed by atoms with E-state index in [-0.39, 0.29) is 0 Å². The molecule has 0 unspecified atom stereocenters. The second-order valence-corrected chi connectivity index (χ2v) is 11.2. The Hall–Kier alpha value is -4.72. The zero-order valence-electron chi connectivity index (χ0n) is 25.1. The number of anilines is 2. The van der Waals surface area contributed by atoms with Crippen LogP contribution in [-0.2, 0) is 6.54 Å². The second kappa shape index (κ2) is 11.5. The van der Waals surface area contributed by atoms with Crippen LogP contribution in [0.1, 0.15) is 6.92 Å². The molecule has 43 heavy (non-hydrogen) atoms. The summed E-state index contributed by atoms with van der Waals surface area (Å²) in [4.78, 5) is 6.99. The highest BCUT2D eigenvalue weighted by Gasteiger charge is 2.13. The molecule has 0 aliphatic rings. The molecule has 0 saturated heterocycles. The zero-order valence-corrected chi connectivity index (χ0v) is 25.1. The summed E-state index contributed by atoms with van der Waals surface area (Å²) in [5, 5.41) is 18.3. The van der Waals surface area contributed by atoms with Crippen molar-refractivity contribution in [1.29, 1.82) is 0 Å². The average Bonchev–Trinajstić information content (AvgIpc) is 3.72. The summed E-state index contributed by atoms with van der Waals surface area (Å²) in [5.74, 6) is 2.10. The molecule has 3 aromatic heterocycles. The fraction of sp³-hybridized carbons (Fsp3) is 0.222. The summed E-state index contributed by atoms with van der Waals surface area (Å²) in [6.07, 6.45) is 0. The van der Waals surface area contributed by atoms with E-state index in [0.29, 0.717) is 0 Å². The molecule has 0 atom stereocenters. The van der Waals surface area contributed by atoms with Gasteiger partial charge in [-0.2, -0.15) is 0 Å². The van der Waals surface area contributed by atoms with Crippen molar-refractivity contribution < 1.29 is 0 Å². The highest BCUT2D eigenvalue weighted by molar-refractivity contribution is 6.11. The smallest absolute Gasteiger partial charge is 0.104 e. The summed E-state index contributed by atoms with van der Waals surface area (Å²) in [7, 11) is 3.94. The minimum Gasteiger partial charge on any atom is -0.370 e. The van der Waals surface area contributed by atoms with Crippen LogP contribution in [0.25, 0.3) is 65.9 Å².